The molecule has 10 heteroatoms. The first-order chi connectivity index (χ1) is 16.8. The summed E-state index contributed by atoms with van der Waals surface area (Å²) in [5.74, 6) is -2.71. The predicted molar refractivity (Wildman–Crippen MR) is 134 cm³/mol. The number of carboxylic acid groups (broad SMARTS) is 2. The number of benzene rings is 1. The number of aliphatic hydroxyl groups is 2. The average molecular weight is 506 g/mol. The lowest BCUT2D eigenvalue weighted by atomic mass is 9.79. The fourth-order valence-corrected chi connectivity index (χ4v) is 5.82. The quantitative estimate of drug-likeness (QED) is 0.347. The number of aromatic nitrogens is 1. The first-order valence-corrected chi connectivity index (χ1v) is 12.9. The zero-order valence-electron chi connectivity index (χ0n) is 20.0. The van der Waals surface area contributed by atoms with Crippen LogP contribution in [0.4, 0.5) is 5.13 Å². The number of aliphatic hydroxyl groups excluding tert-OH is 2. The summed E-state index contributed by atoms with van der Waals surface area (Å²) in [7, 11) is 0. The molecule has 1 aromatic heterocycles. The van der Waals surface area contributed by atoms with Gasteiger partial charge in [-0.25, -0.2) is 14.6 Å². The van der Waals surface area contributed by atoms with E-state index in [1.54, 1.807) is 0 Å². The van der Waals surface area contributed by atoms with Crippen molar-refractivity contribution < 1.29 is 30.0 Å². The van der Waals surface area contributed by atoms with E-state index in [2.05, 4.69) is 47.5 Å². The second-order valence-corrected chi connectivity index (χ2v) is 10.1. The van der Waals surface area contributed by atoms with Crippen LogP contribution in [-0.2, 0) is 28.9 Å². The number of nitrogens with one attached hydrogen (secondary N) is 1. The molecule has 1 fully saturated rings. The fraction of sp³-hybridized carbons (Fsp3) is 0.560. The number of nitrogens with zero attached hydrogens (tertiary/aromatic N) is 2. The van der Waals surface area contributed by atoms with Gasteiger partial charge in [-0.05, 0) is 63.1 Å². The molecular formula is C25H35N3O6S. The Labute approximate surface area is 209 Å². The van der Waals surface area contributed by atoms with Gasteiger partial charge in [0.25, 0.3) is 0 Å². The molecular weight excluding hydrogens is 470 g/mol. The van der Waals surface area contributed by atoms with Gasteiger partial charge in [0.05, 0.1) is 5.69 Å². The number of thiazole rings is 1. The lowest BCUT2D eigenvalue weighted by Gasteiger charge is -2.43. The Hall–Kier alpha value is -2.53. The smallest absolute Gasteiger partial charge is 0.335 e. The first-order valence-electron chi connectivity index (χ1n) is 12.1. The molecule has 2 unspecified atom stereocenters. The molecule has 2 heterocycles. The molecule has 1 saturated heterocycles. The van der Waals surface area contributed by atoms with E-state index in [1.807, 2.05) is 11.3 Å². The van der Waals surface area contributed by atoms with Crippen molar-refractivity contribution in [1.29, 1.82) is 0 Å². The Morgan fingerprint density at radius 1 is 1.14 bits per heavy atom. The molecule has 0 saturated carbocycles. The highest BCUT2D eigenvalue weighted by molar-refractivity contribution is 7.15. The van der Waals surface area contributed by atoms with E-state index < -0.39 is 24.1 Å². The van der Waals surface area contributed by atoms with Crippen molar-refractivity contribution in [2.75, 3.05) is 25.0 Å². The summed E-state index contributed by atoms with van der Waals surface area (Å²) in [6, 6.07) is 11.5. The summed E-state index contributed by atoms with van der Waals surface area (Å²) < 4.78 is 0. The highest BCUT2D eigenvalue weighted by atomic mass is 32.1. The van der Waals surface area contributed by atoms with Gasteiger partial charge in [-0.15, -0.1) is 11.3 Å². The van der Waals surface area contributed by atoms with E-state index in [0.717, 1.165) is 30.1 Å². The van der Waals surface area contributed by atoms with Crippen LogP contribution in [0.2, 0.25) is 0 Å². The van der Waals surface area contributed by atoms with Crippen LogP contribution in [0.25, 0.3) is 0 Å². The van der Waals surface area contributed by atoms with Crippen molar-refractivity contribution in [2.45, 2.75) is 63.7 Å². The summed E-state index contributed by atoms with van der Waals surface area (Å²) in [5.41, 5.74) is 2.77. The van der Waals surface area contributed by atoms with Gasteiger partial charge in [-0.2, -0.15) is 0 Å². The Bertz CT molecular complexity index is 949. The van der Waals surface area contributed by atoms with Crippen molar-refractivity contribution in [2.24, 2.45) is 5.92 Å². The monoisotopic (exact) mass is 505 g/mol. The van der Waals surface area contributed by atoms with E-state index in [0.29, 0.717) is 0 Å². The second kappa shape index (κ2) is 13.0. The van der Waals surface area contributed by atoms with E-state index in [9.17, 15) is 9.59 Å². The maximum Gasteiger partial charge on any atom is 0.335 e. The number of carbonyl (C=O) groups is 2. The van der Waals surface area contributed by atoms with Gasteiger partial charge in [0, 0.05) is 17.5 Å². The van der Waals surface area contributed by atoms with Crippen molar-refractivity contribution >= 4 is 28.4 Å². The van der Waals surface area contributed by atoms with Gasteiger partial charge in [0.15, 0.2) is 17.3 Å². The number of fused-ring (bicyclic) bond motifs is 2. The van der Waals surface area contributed by atoms with Crippen LogP contribution in [-0.4, -0.2) is 80.1 Å². The molecule has 4 atom stereocenters. The third-order valence-electron chi connectivity index (χ3n) is 6.51. The summed E-state index contributed by atoms with van der Waals surface area (Å²) in [6.45, 7) is 5.83. The SMILES string of the molecule is CCCN1CCC[C@@H]2Cc3nc(NCCc4ccccc4)sc3C[C@H]21.O=C(O)C(O)C(O)C(=O)O. The topological polar surface area (TPSA) is 143 Å². The van der Waals surface area contributed by atoms with Crippen LogP contribution in [0.5, 0.6) is 0 Å². The van der Waals surface area contributed by atoms with Gasteiger partial charge in [-0.1, -0.05) is 37.3 Å². The molecule has 1 aliphatic heterocycles. The second-order valence-electron chi connectivity index (χ2n) is 9.03. The summed E-state index contributed by atoms with van der Waals surface area (Å²) >= 11 is 1.90. The molecule has 0 amide bonds. The van der Waals surface area contributed by atoms with Crippen molar-refractivity contribution in [3.05, 3.63) is 46.5 Å². The number of piperidine rings is 1. The maximum atomic E-state index is 9.77. The highest BCUT2D eigenvalue weighted by Crippen LogP contribution is 2.38. The van der Waals surface area contributed by atoms with Gasteiger partial charge in [0.1, 0.15) is 0 Å². The van der Waals surface area contributed by atoms with E-state index in [1.165, 1.54) is 61.3 Å². The molecule has 0 spiro atoms. The standard InChI is InChI=1S/C21H29N3S.C4H6O6/c1-2-12-24-13-6-9-17-14-18-20(15-19(17)24)25-21(23-18)22-11-10-16-7-4-3-5-8-16;5-1(3(7)8)2(6)4(9)10/h3-5,7-8,17,19H,2,6,9-15H2,1H3,(H,22,23);1-2,5-6H,(H,7,8)(H,9,10)/t17-,19-;/m1./s1. The number of hydrogen-bond donors (Lipinski definition) is 5. The van der Waals surface area contributed by atoms with Crippen LogP contribution in [0.15, 0.2) is 30.3 Å². The van der Waals surface area contributed by atoms with Crippen LogP contribution in [0.1, 0.15) is 42.3 Å². The number of aliphatic carboxylic acids is 2. The van der Waals surface area contributed by atoms with Gasteiger partial charge in [0.2, 0.25) is 0 Å². The molecule has 1 aromatic carbocycles. The van der Waals surface area contributed by atoms with E-state index in [-0.39, 0.29) is 0 Å². The van der Waals surface area contributed by atoms with E-state index >= 15 is 0 Å². The van der Waals surface area contributed by atoms with Crippen LogP contribution in [0, 0.1) is 5.92 Å². The van der Waals surface area contributed by atoms with Crippen LogP contribution < -0.4 is 5.32 Å². The zero-order valence-corrected chi connectivity index (χ0v) is 20.8. The number of likely N-dealkylation sites (tertiary alicyclic amines) is 1. The van der Waals surface area contributed by atoms with Gasteiger partial charge >= 0.3 is 11.9 Å². The summed E-state index contributed by atoms with van der Waals surface area (Å²) in [4.78, 5) is 28.8. The summed E-state index contributed by atoms with van der Waals surface area (Å²) in [6.07, 6.45) is 2.96. The Balaban J connectivity index is 0.000000292. The minimum Gasteiger partial charge on any atom is -0.479 e. The molecule has 35 heavy (non-hydrogen) atoms. The lowest BCUT2D eigenvalue weighted by molar-refractivity contribution is -0.165. The number of rotatable bonds is 9. The minimum absolute atomic E-state index is 0.763. The van der Waals surface area contributed by atoms with Crippen molar-refractivity contribution in [3.8, 4) is 0 Å². The third kappa shape index (κ3) is 7.47. The van der Waals surface area contributed by atoms with Crippen molar-refractivity contribution in [3.63, 3.8) is 0 Å². The molecule has 2 aliphatic rings. The molecule has 0 radical (unpaired) electrons. The molecule has 5 N–H and O–H groups in total. The van der Waals surface area contributed by atoms with Gasteiger partial charge < -0.3 is 25.7 Å². The Morgan fingerprint density at radius 3 is 2.46 bits per heavy atom. The molecule has 2 aromatic rings. The summed E-state index contributed by atoms with van der Waals surface area (Å²) in [5, 5.41) is 37.2. The Kier molecular flexibility index (Phi) is 10.0. The molecule has 1 aliphatic carbocycles. The number of anilines is 1. The Morgan fingerprint density at radius 2 is 1.83 bits per heavy atom. The van der Waals surface area contributed by atoms with E-state index in [4.69, 9.17) is 25.4 Å². The predicted octanol–water partition coefficient (Wildman–Crippen LogP) is 2.26. The third-order valence-corrected chi connectivity index (χ3v) is 7.59. The minimum atomic E-state index is -2.27. The molecule has 9 nitrogen and oxygen atoms in total. The first kappa shape index (κ1) is 27.1. The van der Waals surface area contributed by atoms with Crippen molar-refractivity contribution in [1.82, 2.24) is 9.88 Å². The molecule has 4 rings (SSSR count). The zero-order chi connectivity index (χ0) is 25.4. The normalized spacial score (nSPS) is 21.0. The average Bonchev–Trinajstić information content (AvgIpc) is 3.24. The lowest BCUT2D eigenvalue weighted by Crippen LogP contribution is -2.49. The maximum absolute atomic E-state index is 9.77. The van der Waals surface area contributed by atoms with Gasteiger partial charge in [-0.3, -0.25) is 4.90 Å². The number of carboxylic acids is 2. The van der Waals surface area contributed by atoms with Crippen LogP contribution in [0.3, 0.4) is 0 Å². The van der Waals surface area contributed by atoms with Crippen LogP contribution >= 0.6 is 11.3 Å². The largest absolute Gasteiger partial charge is 0.479 e. The molecule has 192 valence electrons. The fourth-order valence-electron chi connectivity index (χ4n) is 4.76. The highest BCUT2D eigenvalue weighted by Gasteiger charge is 2.36. The molecule has 0 bridgehead atoms. The number of hydrogen-bond acceptors (Lipinski definition) is 8.